The summed E-state index contributed by atoms with van der Waals surface area (Å²) in [6.45, 7) is 5.88. The fourth-order valence-electron chi connectivity index (χ4n) is 2.28. The third kappa shape index (κ3) is 6.45. The molecule has 2 atom stereocenters. The predicted octanol–water partition coefficient (Wildman–Crippen LogP) is 4.00. The molecule has 1 fully saturated rings. The molecule has 0 heterocycles. The molecule has 0 radical (unpaired) electrons. The van der Waals surface area contributed by atoms with E-state index in [-0.39, 0.29) is 16.7 Å². The van der Waals surface area contributed by atoms with E-state index < -0.39 is 11.4 Å². The minimum absolute atomic E-state index is 0.00269. The van der Waals surface area contributed by atoms with Crippen LogP contribution < -0.4 is 10.0 Å². The van der Waals surface area contributed by atoms with E-state index in [1.807, 2.05) is 45.0 Å². The number of amides is 1. The van der Waals surface area contributed by atoms with Gasteiger partial charge in [-0.1, -0.05) is 22.0 Å². The summed E-state index contributed by atoms with van der Waals surface area (Å²) in [5.74, 6) is 0.553. The van der Waals surface area contributed by atoms with Crippen LogP contribution in [0.25, 0.3) is 0 Å². The first-order valence-electron chi connectivity index (χ1n) is 7.99. The van der Waals surface area contributed by atoms with Crippen molar-refractivity contribution in [3.8, 4) is 0 Å². The summed E-state index contributed by atoms with van der Waals surface area (Å²) in [6, 6.07) is 7.71. The van der Waals surface area contributed by atoms with Crippen molar-refractivity contribution in [1.82, 2.24) is 4.72 Å². The standard InChI is InChI=1S/C17H25BrN2O2S/c1-17(2,3)23(22)20-15(12-7-8-12)9-10-16(21)19-14-6-4-5-13(18)11-14/h4-6,11-12,15,20H,7-10H2,1-3H3,(H,19,21)/t15-,23?/m0/s1. The lowest BCUT2D eigenvalue weighted by atomic mass is 10.1. The molecule has 1 aromatic carbocycles. The highest BCUT2D eigenvalue weighted by atomic mass is 79.9. The number of benzene rings is 1. The van der Waals surface area contributed by atoms with Crippen molar-refractivity contribution in [1.29, 1.82) is 0 Å². The van der Waals surface area contributed by atoms with Crippen LogP contribution in [-0.4, -0.2) is 21.2 Å². The van der Waals surface area contributed by atoms with Crippen LogP contribution in [-0.2, 0) is 16.2 Å². The second-order valence-corrected chi connectivity index (χ2v) is 9.95. The van der Waals surface area contributed by atoms with Crippen molar-refractivity contribution in [3.05, 3.63) is 28.7 Å². The third-order valence-corrected chi connectivity index (χ3v) is 5.92. The molecule has 6 heteroatoms. The molecule has 1 aromatic rings. The van der Waals surface area contributed by atoms with E-state index in [4.69, 9.17) is 0 Å². The minimum atomic E-state index is -1.09. The number of anilines is 1. The number of hydrogen-bond donors (Lipinski definition) is 2. The summed E-state index contributed by atoms with van der Waals surface area (Å²) in [7, 11) is 0. The van der Waals surface area contributed by atoms with Gasteiger partial charge in [0.1, 0.15) is 4.75 Å². The summed E-state index contributed by atoms with van der Waals surface area (Å²) in [6.07, 6.45) is 3.47. The van der Waals surface area contributed by atoms with Crippen LogP contribution in [0.5, 0.6) is 0 Å². The number of carbonyl (C=O) groups is 1. The van der Waals surface area contributed by atoms with E-state index in [1.165, 1.54) is 0 Å². The lowest BCUT2D eigenvalue weighted by Crippen LogP contribution is -2.45. The Balaban J connectivity index is 1.83. The molecular formula is C17H25BrN2O2S. The van der Waals surface area contributed by atoms with Gasteiger partial charge in [-0.05, 0) is 64.2 Å². The van der Waals surface area contributed by atoms with Crippen LogP contribution in [0.4, 0.5) is 5.69 Å². The summed E-state index contributed by atoms with van der Waals surface area (Å²) in [5, 5.41) is 2.91. The maximum Gasteiger partial charge on any atom is 0.224 e. The fourth-order valence-corrected chi connectivity index (χ4v) is 3.62. The smallest absolute Gasteiger partial charge is 0.224 e. The zero-order valence-corrected chi connectivity index (χ0v) is 16.3. The van der Waals surface area contributed by atoms with Crippen LogP contribution in [0.3, 0.4) is 0 Å². The van der Waals surface area contributed by atoms with Gasteiger partial charge >= 0.3 is 0 Å². The lowest BCUT2D eigenvalue weighted by molar-refractivity contribution is -0.116. The first-order chi connectivity index (χ1) is 10.8. The van der Waals surface area contributed by atoms with Crippen molar-refractivity contribution in [3.63, 3.8) is 0 Å². The van der Waals surface area contributed by atoms with Crippen molar-refractivity contribution in [2.45, 2.75) is 57.2 Å². The zero-order valence-electron chi connectivity index (χ0n) is 13.9. The SMILES string of the molecule is CC(C)(C)[S+]([O-])N[C@@H](CCC(=O)Nc1cccc(Br)c1)C1CC1. The maximum absolute atomic E-state index is 12.3. The van der Waals surface area contributed by atoms with Crippen molar-refractivity contribution >= 4 is 38.9 Å². The van der Waals surface area contributed by atoms with E-state index in [9.17, 15) is 9.35 Å². The Labute approximate surface area is 150 Å². The van der Waals surface area contributed by atoms with Crippen molar-refractivity contribution in [2.75, 3.05) is 5.32 Å². The summed E-state index contributed by atoms with van der Waals surface area (Å²) in [5.41, 5.74) is 0.790. The van der Waals surface area contributed by atoms with Crippen LogP contribution >= 0.6 is 15.9 Å². The van der Waals surface area contributed by atoms with Crippen LogP contribution in [0.15, 0.2) is 28.7 Å². The largest absolute Gasteiger partial charge is 0.598 e. The minimum Gasteiger partial charge on any atom is -0.598 e. The summed E-state index contributed by atoms with van der Waals surface area (Å²) < 4.78 is 16.2. The van der Waals surface area contributed by atoms with Gasteiger partial charge in [0.05, 0.1) is 6.04 Å². The molecule has 1 aliphatic rings. The van der Waals surface area contributed by atoms with Gasteiger partial charge in [0.2, 0.25) is 5.91 Å². The van der Waals surface area contributed by atoms with E-state index in [2.05, 4.69) is 26.0 Å². The van der Waals surface area contributed by atoms with E-state index >= 15 is 0 Å². The maximum atomic E-state index is 12.3. The van der Waals surface area contributed by atoms with Gasteiger partial charge in [0.25, 0.3) is 0 Å². The van der Waals surface area contributed by atoms with Gasteiger partial charge in [0, 0.05) is 27.9 Å². The van der Waals surface area contributed by atoms with Crippen molar-refractivity contribution < 1.29 is 9.35 Å². The van der Waals surface area contributed by atoms with Gasteiger partial charge in [-0.25, -0.2) is 0 Å². The van der Waals surface area contributed by atoms with Gasteiger partial charge in [-0.3, -0.25) is 4.79 Å². The molecule has 4 nitrogen and oxygen atoms in total. The molecule has 2 rings (SSSR count). The highest BCUT2D eigenvalue weighted by Gasteiger charge is 2.37. The summed E-state index contributed by atoms with van der Waals surface area (Å²) >= 11 is 2.30. The molecule has 23 heavy (non-hydrogen) atoms. The molecule has 0 saturated heterocycles. The van der Waals surface area contributed by atoms with Gasteiger partial charge < -0.3 is 9.87 Å². The number of hydrogen-bond acceptors (Lipinski definition) is 3. The van der Waals surface area contributed by atoms with E-state index in [0.717, 1.165) is 23.0 Å². The number of nitrogens with one attached hydrogen (secondary N) is 2. The van der Waals surface area contributed by atoms with Crippen LogP contribution in [0.1, 0.15) is 46.5 Å². The monoisotopic (exact) mass is 400 g/mol. The molecule has 2 N–H and O–H groups in total. The first-order valence-corrected chi connectivity index (χ1v) is 9.93. The Kier molecular flexibility index (Phi) is 6.54. The topological polar surface area (TPSA) is 64.2 Å². The third-order valence-electron chi connectivity index (χ3n) is 3.80. The Morgan fingerprint density at radius 3 is 2.70 bits per heavy atom. The highest BCUT2D eigenvalue weighted by Crippen LogP contribution is 2.35. The number of halogens is 1. The molecule has 0 spiro atoms. The van der Waals surface area contributed by atoms with Gasteiger partial charge in [-0.15, -0.1) is 4.72 Å². The Hall–Kier alpha value is -0.560. The quantitative estimate of drug-likeness (QED) is 0.679. The van der Waals surface area contributed by atoms with E-state index in [1.54, 1.807) is 0 Å². The second-order valence-electron chi connectivity index (χ2n) is 7.04. The van der Waals surface area contributed by atoms with Crippen LogP contribution in [0, 0.1) is 5.92 Å². The molecule has 1 unspecified atom stereocenters. The molecule has 1 amide bonds. The fraction of sp³-hybridized carbons (Fsp3) is 0.588. The molecular weight excluding hydrogens is 376 g/mol. The number of carbonyl (C=O) groups excluding carboxylic acids is 1. The Morgan fingerprint density at radius 1 is 1.43 bits per heavy atom. The van der Waals surface area contributed by atoms with Crippen LogP contribution in [0.2, 0.25) is 0 Å². The molecule has 1 aliphatic carbocycles. The molecule has 1 saturated carbocycles. The first kappa shape index (κ1) is 18.8. The Bertz CT molecular complexity index is 544. The van der Waals surface area contributed by atoms with Gasteiger partial charge in [0.15, 0.2) is 0 Å². The number of rotatable bonds is 7. The summed E-state index contributed by atoms with van der Waals surface area (Å²) in [4.78, 5) is 12.1. The molecule has 128 valence electrons. The normalized spacial score (nSPS) is 17.6. The van der Waals surface area contributed by atoms with Crippen molar-refractivity contribution in [2.24, 2.45) is 5.92 Å². The molecule has 0 aromatic heterocycles. The van der Waals surface area contributed by atoms with E-state index in [0.29, 0.717) is 18.8 Å². The van der Waals surface area contributed by atoms with Gasteiger partial charge in [-0.2, -0.15) is 0 Å². The average molecular weight is 401 g/mol. The predicted molar refractivity (Wildman–Crippen MR) is 99.5 cm³/mol. The highest BCUT2D eigenvalue weighted by molar-refractivity contribution is 9.10. The molecule has 0 bridgehead atoms. The second kappa shape index (κ2) is 8.01. The molecule has 0 aliphatic heterocycles. The lowest BCUT2D eigenvalue weighted by Gasteiger charge is -2.28. The Morgan fingerprint density at radius 2 is 2.13 bits per heavy atom. The average Bonchev–Trinajstić information content (AvgIpc) is 3.26. The zero-order chi connectivity index (χ0) is 17.0.